The Morgan fingerprint density at radius 3 is 2.89 bits per heavy atom. The average Bonchev–Trinajstić information content (AvgIpc) is 2.30. The number of hydrogen-bond donors (Lipinski definition) is 2. The summed E-state index contributed by atoms with van der Waals surface area (Å²) in [7, 11) is 0. The number of nitrogens with one attached hydrogen (secondary N) is 1. The summed E-state index contributed by atoms with van der Waals surface area (Å²) in [5.74, 6) is -2.31. The van der Waals surface area contributed by atoms with E-state index in [1.807, 2.05) is 0 Å². The number of amides is 1. The van der Waals surface area contributed by atoms with Gasteiger partial charge >= 0.3 is 5.97 Å². The van der Waals surface area contributed by atoms with Crippen molar-refractivity contribution in [1.82, 2.24) is 10.3 Å². The highest BCUT2D eigenvalue weighted by Gasteiger charge is 2.10. The maximum atomic E-state index is 13.0. The molecule has 0 aliphatic heterocycles. The molecule has 0 aromatic carbocycles. The number of carboxylic acid groups (broad SMARTS) is 1. The third-order valence-corrected chi connectivity index (χ3v) is 2.08. The molecule has 0 saturated heterocycles. The lowest BCUT2D eigenvalue weighted by Crippen LogP contribution is -2.20. The van der Waals surface area contributed by atoms with Gasteiger partial charge in [0.1, 0.15) is 0 Å². The first-order chi connectivity index (χ1) is 8.50. The monoisotopic (exact) mass is 252 g/mol. The SMILES string of the molecule is CC(=O)NCCC=Cc1cc(C(=O)O)c(F)cn1. The predicted molar refractivity (Wildman–Crippen MR) is 63.5 cm³/mol. The van der Waals surface area contributed by atoms with Crippen LogP contribution in [0, 0.1) is 5.82 Å². The van der Waals surface area contributed by atoms with Gasteiger partial charge in [0, 0.05) is 13.5 Å². The van der Waals surface area contributed by atoms with Crippen molar-refractivity contribution in [3.8, 4) is 0 Å². The molecule has 1 rings (SSSR count). The van der Waals surface area contributed by atoms with Crippen molar-refractivity contribution in [2.45, 2.75) is 13.3 Å². The normalized spacial score (nSPS) is 10.6. The molecule has 0 bridgehead atoms. The fourth-order valence-electron chi connectivity index (χ4n) is 1.25. The molecule has 0 unspecified atom stereocenters. The molecule has 0 fully saturated rings. The van der Waals surface area contributed by atoms with Crippen molar-refractivity contribution in [2.75, 3.05) is 6.54 Å². The largest absolute Gasteiger partial charge is 0.478 e. The van der Waals surface area contributed by atoms with Crippen molar-refractivity contribution in [2.24, 2.45) is 0 Å². The van der Waals surface area contributed by atoms with Crippen molar-refractivity contribution < 1.29 is 19.1 Å². The van der Waals surface area contributed by atoms with E-state index in [2.05, 4.69) is 10.3 Å². The Bertz CT molecular complexity index is 486. The molecule has 0 aliphatic carbocycles. The van der Waals surface area contributed by atoms with Gasteiger partial charge in [0.05, 0.1) is 17.5 Å². The Labute approximate surface area is 103 Å². The summed E-state index contributed by atoms with van der Waals surface area (Å²) in [4.78, 5) is 25.0. The van der Waals surface area contributed by atoms with Gasteiger partial charge in [-0.3, -0.25) is 9.78 Å². The topological polar surface area (TPSA) is 79.3 Å². The summed E-state index contributed by atoms with van der Waals surface area (Å²) in [6.07, 6.45) is 4.76. The van der Waals surface area contributed by atoms with Gasteiger partial charge in [-0.25, -0.2) is 9.18 Å². The highest BCUT2D eigenvalue weighted by molar-refractivity contribution is 5.88. The van der Waals surface area contributed by atoms with Crippen LogP contribution in [0.1, 0.15) is 29.4 Å². The minimum absolute atomic E-state index is 0.114. The van der Waals surface area contributed by atoms with Crippen LogP contribution in [0.3, 0.4) is 0 Å². The van der Waals surface area contributed by atoms with E-state index >= 15 is 0 Å². The second-order valence-corrected chi connectivity index (χ2v) is 3.57. The first kappa shape index (κ1) is 13.8. The molecule has 1 aromatic heterocycles. The molecule has 0 radical (unpaired) electrons. The van der Waals surface area contributed by atoms with Gasteiger partial charge in [-0.2, -0.15) is 0 Å². The van der Waals surface area contributed by atoms with Gasteiger partial charge in [0.25, 0.3) is 0 Å². The first-order valence-corrected chi connectivity index (χ1v) is 5.30. The molecule has 0 saturated carbocycles. The molecule has 1 heterocycles. The van der Waals surface area contributed by atoms with Gasteiger partial charge in [-0.05, 0) is 18.6 Å². The Morgan fingerprint density at radius 2 is 2.28 bits per heavy atom. The van der Waals surface area contributed by atoms with E-state index in [1.54, 1.807) is 12.2 Å². The summed E-state index contributed by atoms with van der Waals surface area (Å²) >= 11 is 0. The molecule has 1 amide bonds. The lowest BCUT2D eigenvalue weighted by atomic mass is 10.2. The van der Waals surface area contributed by atoms with Crippen LogP contribution in [-0.2, 0) is 4.79 Å². The quantitative estimate of drug-likeness (QED) is 0.777. The second-order valence-electron chi connectivity index (χ2n) is 3.57. The number of carbonyl (C=O) groups is 2. The van der Waals surface area contributed by atoms with Crippen LogP contribution in [0.4, 0.5) is 4.39 Å². The lowest BCUT2D eigenvalue weighted by molar-refractivity contribution is -0.118. The van der Waals surface area contributed by atoms with Crippen LogP contribution >= 0.6 is 0 Å². The fraction of sp³-hybridized carbons (Fsp3) is 0.250. The summed E-state index contributed by atoms with van der Waals surface area (Å²) < 4.78 is 13.0. The third-order valence-electron chi connectivity index (χ3n) is 2.08. The van der Waals surface area contributed by atoms with E-state index in [4.69, 9.17) is 5.11 Å². The van der Waals surface area contributed by atoms with Crippen LogP contribution in [0.25, 0.3) is 6.08 Å². The lowest BCUT2D eigenvalue weighted by Gasteiger charge is -1.99. The summed E-state index contributed by atoms with van der Waals surface area (Å²) in [6.45, 7) is 1.91. The van der Waals surface area contributed by atoms with Crippen LogP contribution in [0.2, 0.25) is 0 Å². The molecule has 5 nitrogen and oxygen atoms in total. The molecule has 96 valence electrons. The first-order valence-electron chi connectivity index (χ1n) is 5.30. The number of hydrogen-bond acceptors (Lipinski definition) is 3. The van der Waals surface area contributed by atoms with Crippen LogP contribution in [0.5, 0.6) is 0 Å². The molecule has 6 heteroatoms. The second kappa shape index (κ2) is 6.48. The Kier molecular flexibility index (Phi) is 4.98. The molecule has 2 N–H and O–H groups in total. The molecular weight excluding hydrogens is 239 g/mol. The number of carbonyl (C=O) groups excluding carboxylic acids is 1. The number of aromatic nitrogens is 1. The van der Waals surface area contributed by atoms with E-state index in [1.165, 1.54) is 6.92 Å². The standard InChI is InChI=1S/C12H13FN2O3/c1-8(16)14-5-3-2-4-9-6-10(12(17)18)11(13)7-15-9/h2,4,6-7H,3,5H2,1H3,(H,14,16)(H,17,18). The molecular formula is C12H13FN2O3. The van der Waals surface area contributed by atoms with Crippen molar-refractivity contribution in [3.63, 3.8) is 0 Å². The number of aromatic carboxylic acids is 1. The van der Waals surface area contributed by atoms with Crippen LogP contribution < -0.4 is 5.32 Å². The molecule has 1 aromatic rings. The van der Waals surface area contributed by atoms with E-state index in [0.29, 0.717) is 18.7 Å². The summed E-state index contributed by atoms with van der Waals surface area (Å²) in [5.41, 5.74) is -0.0527. The summed E-state index contributed by atoms with van der Waals surface area (Å²) in [5, 5.41) is 11.3. The molecule has 0 aliphatic rings. The van der Waals surface area contributed by atoms with E-state index < -0.39 is 17.3 Å². The van der Waals surface area contributed by atoms with Crippen molar-refractivity contribution >= 4 is 18.0 Å². The Hall–Kier alpha value is -2.24. The molecule has 18 heavy (non-hydrogen) atoms. The number of rotatable bonds is 5. The Balaban J connectivity index is 2.62. The van der Waals surface area contributed by atoms with Crippen molar-refractivity contribution in [3.05, 3.63) is 35.4 Å². The van der Waals surface area contributed by atoms with Crippen molar-refractivity contribution in [1.29, 1.82) is 0 Å². The van der Waals surface area contributed by atoms with Crippen LogP contribution in [-0.4, -0.2) is 28.5 Å². The van der Waals surface area contributed by atoms with Gasteiger partial charge in [-0.1, -0.05) is 6.08 Å². The number of carboxylic acids is 1. The minimum atomic E-state index is -1.33. The summed E-state index contributed by atoms with van der Waals surface area (Å²) in [6, 6.07) is 1.16. The number of pyridine rings is 1. The minimum Gasteiger partial charge on any atom is -0.478 e. The predicted octanol–water partition coefficient (Wildman–Crippen LogP) is 1.46. The zero-order valence-corrected chi connectivity index (χ0v) is 9.81. The highest BCUT2D eigenvalue weighted by Crippen LogP contribution is 2.09. The Morgan fingerprint density at radius 1 is 1.56 bits per heavy atom. The van der Waals surface area contributed by atoms with Gasteiger partial charge in [-0.15, -0.1) is 0 Å². The van der Waals surface area contributed by atoms with Crippen LogP contribution in [0.15, 0.2) is 18.3 Å². The maximum Gasteiger partial charge on any atom is 0.338 e. The van der Waals surface area contributed by atoms with Gasteiger partial charge in [0.15, 0.2) is 5.82 Å². The maximum absolute atomic E-state index is 13.0. The van der Waals surface area contributed by atoms with Gasteiger partial charge in [0.2, 0.25) is 5.91 Å². The highest BCUT2D eigenvalue weighted by atomic mass is 19.1. The van der Waals surface area contributed by atoms with E-state index in [0.717, 1.165) is 12.3 Å². The van der Waals surface area contributed by atoms with E-state index in [-0.39, 0.29) is 5.91 Å². The zero-order valence-electron chi connectivity index (χ0n) is 9.81. The molecule has 0 spiro atoms. The third kappa shape index (κ3) is 4.32. The van der Waals surface area contributed by atoms with Gasteiger partial charge < -0.3 is 10.4 Å². The average molecular weight is 252 g/mol. The smallest absolute Gasteiger partial charge is 0.338 e. The zero-order chi connectivity index (χ0) is 13.5. The fourth-order valence-corrected chi connectivity index (χ4v) is 1.25. The number of halogens is 1. The molecule has 0 atom stereocenters. The number of nitrogens with zero attached hydrogens (tertiary/aromatic N) is 1. The van der Waals surface area contributed by atoms with E-state index in [9.17, 15) is 14.0 Å².